The maximum atomic E-state index is 11.8. The number of hydrogen-bond donors (Lipinski definition) is 2. The van der Waals surface area contributed by atoms with Crippen molar-refractivity contribution in [2.75, 3.05) is 16.8 Å². The third-order valence-corrected chi connectivity index (χ3v) is 3.70. The first-order valence-electron chi connectivity index (χ1n) is 6.22. The molecule has 0 aliphatic heterocycles. The number of benzene rings is 1. The van der Waals surface area contributed by atoms with E-state index in [1.165, 1.54) is 5.56 Å². The lowest BCUT2D eigenvalue weighted by Gasteiger charge is -2.13. The topological polar surface area (TPSA) is 55.1 Å². The highest BCUT2D eigenvalue weighted by Crippen LogP contribution is 2.23. The summed E-state index contributed by atoms with van der Waals surface area (Å²) in [5, 5.41) is 2.97. The predicted octanol–water partition coefficient (Wildman–Crippen LogP) is 2.83. The van der Waals surface area contributed by atoms with E-state index in [9.17, 15) is 4.79 Å². The van der Waals surface area contributed by atoms with Gasteiger partial charge in [0.1, 0.15) is 0 Å². The van der Waals surface area contributed by atoms with Crippen LogP contribution < -0.4 is 11.1 Å². The summed E-state index contributed by atoms with van der Waals surface area (Å²) in [6.45, 7) is 6.19. The fourth-order valence-electron chi connectivity index (χ4n) is 1.64. The minimum Gasteiger partial charge on any atom is -0.327 e. The van der Waals surface area contributed by atoms with Crippen LogP contribution in [0.5, 0.6) is 0 Å². The van der Waals surface area contributed by atoms with E-state index in [-0.39, 0.29) is 11.9 Å². The summed E-state index contributed by atoms with van der Waals surface area (Å²) in [6, 6.07) is 8.07. The molecule has 0 bridgehead atoms. The van der Waals surface area contributed by atoms with Crippen molar-refractivity contribution in [3.05, 3.63) is 29.8 Å². The van der Waals surface area contributed by atoms with Crippen LogP contribution in [-0.4, -0.2) is 23.5 Å². The standard InChI is InChI=1S/C14H22N2OS/c1-10(2)12-6-4-5-7-13(12)16-14(17)9-18-8-11(3)15/h4-7,10-11H,8-9,15H2,1-3H3,(H,16,17). The van der Waals surface area contributed by atoms with Gasteiger partial charge in [-0.2, -0.15) is 11.8 Å². The van der Waals surface area contributed by atoms with Crippen LogP contribution in [-0.2, 0) is 4.79 Å². The van der Waals surface area contributed by atoms with Gasteiger partial charge in [0, 0.05) is 17.5 Å². The van der Waals surface area contributed by atoms with Gasteiger partial charge in [0.15, 0.2) is 0 Å². The molecule has 0 fully saturated rings. The fourth-order valence-corrected chi connectivity index (χ4v) is 2.39. The lowest BCUT2D eigenvalue weighted by molar-refractivity contribution is -0.113. The van der Waals surface area contributed by atoms with Crippen LogP contribution in [0.25, 0.3) is 0 Å². The van der Waals surface area contributed by atoms with Gasteiger partial charge in [-0.25, -0.2) is 0 Å². The van der Waals surface area contributed by atoms with Crippen LogP contribution in [0.2, 0.25) is 0 Å². The number of amides is 1. The molecule has 1 aromatic rings. The number of thioether (sulfide) groups is 1. The Balaban J connectivity index is 2.54. The van der Waals surface area contributed by atoms with Crippen LogP contribution in [0.1, 0.15) is 32.3 Å². The van der Waals surface area contributed by atoms with Crippen molar-refractivity contribution in [3.8, 4) is 0 Å². The first kappa shape index (κ1) is 15.1. The zero-order valence-corrected chi connectivity index (χ0v) is 12.1. The Bertz CT molecular complexity index is 391. The van der Waals surface area contributed by atoms with Gasteiger partial charge in [-0.15, -0.1) is 0 Å². The van der Waals surface area contributed by atoms with Crippen molar-refractivity contribution in [2.45, 2.75) is 32.7 Å². The second-order valence-electron chi connectivity index (χ2n) is 4.78. The van der Waals surface area contributed by atoms with E-state index in [0.717, 1.165) is 11.4 Å². The smallest absolute Gasteiger partial charge is 0.234 e. The first-order chi connectivity index (χ1) is 8.50. The fraction of sp³-hybridized carbons (Fsp3) is 0.500. The van der Waals surface area contributed by atoms with E-state index < -0.39 is 0 Å². The zero-order chi connectivity index (χ0) is 13.5. The van der Waals surface area contributed by atoms with E-state index in [1.54, 1.807) is 11.8 Å². The molecule has 0 aromatic heterocycles. The highest BCUT2D eigenvalue weighted by atomic mass is 32.2. The molecule has 1 amide bonds. The number of nitrogens with one attached hydrogen (secondary N) is 1. The van der Waals surface area contributed by atoms with E-state index in [0.29, 0.717) is 11.7 Å². The molecule has 1 rings (SSSR count). The van der Waals surface area contributed by atoms with Crippen LogP contribution >= 0.6 is 11.8 Å². The summed E-state index contributed by atoms with van der Waals surface area (Å²) < 4.78 is 0. The molecule has 0 heterocycles. The molecule has 0 aliphatic carbocycles. The highest BCUT2D eigenvalue weighted by molar-refractivity contribution is 8.00. The number of hydrogen-bond acceptors (Lipinski definition) is 3. The molecule has 0 radical (unpaired) electrons. The Morgan fingerprint density at radius 3 is 2.61 bits per heavy atom. The average molecular weight is 266 g/mol. The second-order valence-corrected chi connectivity index (χ2v) is 5.81. The van der Waals surface area contributed by atoms with Crippen molar-refractivity contribution in [3.63, 3.8) is 0 Å². The predicted molar refractivity (Wildman–Crippen MR) is 80.1 cm³/mol. The Morgan fingerprint density at radius 1 is 1.33 bits per heavy atom. The molecule has 18 heavy (non-hydrogen) atoms. The van der Waals surface area contributed by atoms with Gasteiger partial charge in [0.05, 0.1) is 5.75 Å². The molecule has 3 N–H and O–H groups in total. The quantitative estimate of drug-likeness (QED) is 0.832. The maximum Gasteiger partial charge on any atom is 0.234 e. The Hall–Kier alpha value is -1.00. The number of carbonyl (C=O) groups excluding carboxylic acids is 1. The summed E-state index contributed by atoms with van der Waals surface area (Å²) in [5.41, 5.74) is 7.73. The van der Waals surface area contributed by atoms with Crippen molar-refractivity contribution >= 4 is 23.4 Å². The second kappa shape index (κ2) is 7.44. The van der Waals surface area contributed by atoms with Gasteiger partial charge >= 0.3 is 0 Å². The maximum absolute atomic E-state index is 11.8. The van der Waals surface area contributed by atoms with Crippen LogP contribution in [0.4, 0.5) is 5.69 Å². The molecule has 0 aliphatic rings. The van der Waals surface area contributed by atoms with Crippen molar-refractivity contribution < 1.29 is 4.79 Å². The minimum absolute atomic E-state index is 0.0359. The lowest BCUT2D eigenvalue weighted by Crippen LogP contribution is -2.21. The van der Waals surface area contributed by atoms with Gasteiger partial charge in [0.2, 0.25) is 5.91 Å². The van der Waals surface area contributed by atoms with Crippen LogP contribution in [0.3, 0.4) is 0 Å². The monoisotopic (exact) mass is 266 g/mol. The van der Waals surface area contributed by atoms with Gasteiger partial charge in [0.25, 0.3) is 0 Å². The molecule has 100 valence electrons. The Kier molecular flexibility index (Phi) is 6.22. The molecule has 4 heteroatoms. The summed E-state index contributed by atoms with van der Waals surface area (Å²) in [7, 11) is 0. The van der Waals surface area contributed by atoms with E-state index >= 15 is 0 Å². The SMILES string of the molecule is CC(N)CSCC(=O)Nc1ccccc1C(C)C. The molecule has 1 aromatic carbocycles. The highest BCUT2D eigenvalue weighted by Gasteiger charge is 2.09. The van der Waals surface area contributed by atoms with E-state index in [1.807, 2.05) is 25.1 Å². The molecular formula is C14H22N2OS. The third-order valence-electron chi connectivity index (χ3n) is 2.47. The van der Waals surface area contributed by atoms with Crippen molar-refractivity contribution in [2.24, 2.45) is 5.73 Å². The number of carbonyl (C=O) groups is 1. The normalized spacial score (nSPS) is 12.5. The summed E-state index contributed by atoms with van der Waals surface area (Å²) in [4.78, 5) is 11.8. The molecule has 0 saturated heterocycles. The summed E-state index contributed by atoms with van der Waals surface area (Å²) >= 11 is 1.57. The van der Waals surface area contributed by atoms with Gasteiger partial charge in [-0.3, -0.25) is 4.79 Å². The van der Waals surface area contributed by atoms with Crippen molar-refractivity contribution in [1.82, 2.24) is 0 Å². The molecule has 1 atom stereocenters. The minimum atomic E-state index is 0.0359. The number of para-hydroxylation sites is 1. The van der Waals surface area contributed by atoms with Gasteiger partial charge in [-0.1, -0.05) is 32.0 Å². The molecule has 1 unspecified atom stereocenters. The molecule has 0 spiro atoms. The summed E-state index contributed by atoms with van der Waals surface area (Å²) in [6.07, 6.45) is 0. The van der Waals surface area contributed by atoms with E-state index in [4.69, 9.17) is 5.73 Å². The Labute approximate surface area is 114 Å². The number of rotatable bonds is 6. The van der Waals surface area contributed by atoms with Gasteiger partial charge in [-0.05, 0) is 24.5 Å². The van der Waals surface area contributed by atoms with Crippen molar-refractivity contribution in [1.29, 1.82) is 0 Å². The molecular weight excluding hydrogens is 244 g/mol. The number of nitrogens with two attached hydrogens (primary N) is 1. The molecule has 3 nitrogen and oxygen atoms in total. The molecule has 0 saturated carbocycles. The average Bonchev–Trinajstić information content (AvgIpc) is 2.28. The largest absolute Gasteiger partial charge is 0.327 e. The summed E-state index contributed by atoms with van der Waals surface area (Å²) in [5.74, 6) is 1.69. The van der Waals surface area contributed by atoms with Gasteiger partial charge < -0.3 is 11.1 Å². The third kappa shape index (κ3) is 5.10. The number of anilines is 1. The first-order valence-corrected chi connectivity index (χ1v) is 7.38. The van der Waals surface area contributed by atoms with Crippen LogP contribution in [0, 0.1) is 0 Å². The van der Waals surface area contributed by atoms with E-state index in [2.05, 4.69) is 25.2 Å². The lowest BCUT2D eigenvalue weighted by atomic mass is 10.0. The zero-order valence-electron chi connectivity index (χ0n) is 11.3. The Morgan fingerprint density at radius 2 is 2.00 bits per heavy atom. The van der Waals surface area contributed by atoms with Crippen LogP contribution in [0.15, 0.2) is 24.3 Å².